The first-order valence-electron chi connectivity index (χ1n) is 10.2. The van der Waals surface area contributed by atoms with Crippen LogP contribution in [0.1, 0.15) is 13.8 Å². The van der Waals surface area contributed by atoms with Crippen molar-refractivity contribution in [3.8, 4) is 9.75 Å². The van der Waals surface area contributed by atoms with Crippen LogP contribution in [0.5, 0.6) is 0 Å². The van der Waals surface area contributed by atoms with Gasteiger partial charge in [0.15, 0.2) is 0 Å². The van der Waals surface area contributed by atoms with Crippen LogP contribution in [0.3, 0.4) is 0 Å². The molecule has 0 aliphatic rings. The highest BCUT2D eigenvalue weighted by atomic mass is 32.1. The molecule has 0 amide bonds. The van der Waals surface area contributed by atoms with E-state index in [9.17, 15) is 0 Å². The first-order valence-corrected chi connectivity index (χ1v) is 11.8. The van der Waals surface area contributed by atoms with Gasteiger partial charge in [-0.25, -0.2) is 9.97 Å². The third kappa shape index (κ3) is 5.80. The molecule has 2 N–H and O–H groups in total. The molecule has 0 aliphatic heterocycles. The Morgan fingerprint density at radius 3 is 1.41 bits per heavy atom. The first kappa shape index (κ1) is 21.7. The molecule has 32 heavy (non-hydrogen) atoms. The molecule has 0 saturated carbocycles. The summed E-state index contributed by atoms with van der Waals surface area (Å²) in [5, 5.41) is 24.7. The number of nitrogens with one attached hydrogen (secondary N) is 2. The predicted octanol–water partition coefficient (Wildman–Crippen LogP) is 7.96. The number of anilines is 2. The lowest BCUT2D eigenvalue weighted by molar-refractivity contribution is 1.19. The standard InChI is InChI=1S/C22H22N8S2/c1-3-23-15-5-9-17(10-6-15)27-29-21-25-13-19(31-21)20-14-26-22(32-20)30-28-18-11-7-16(8-12-18)24-4-2/h5-14,23-24H,3-4H2,1-2H3. The molecule has 0 fully saturated rings. The summed E-state index contributed by atoms with van der Waals surface area (Å²) < 4.78 is 0. The second-order valence-electron chi connectivity index (χ2n) is 6.57. The van der Waals surface area contributed by atoms with Crippen molar-refractivity contribution in [2.45, 2.75) is 13.8 Å². The minimum absolute atomic E-state index is 0.591. The molecule has 0 radical (unpaired) electrons. The topological polar surface area (TPSA) is 99.3 Å². The SMILES string of the molecule is CCNc1ccc(N=Nc2ncc(-c3cnc(N=Nc4ccc(NCC)cc4)s3)s2)cc1. The van der Waals surface area contributed by atoms with E-state index >= 15 is 0 Å². The van der Waals surface area contributed by atoms with Gasteiger partial charge in [-0.15, -0.1) is 20.5 Å². The van der Waals surface area contributed by atoms with Crippen LogP contribution >= 0.6 is 22.7 Å². The van der Waals surface area contributed by atoms with E-state index in [1.807, 2.05) is 48.5 Å². The number of benzene rings is 2. The lowest BCUT2D eigenvalue weighted by atomic mass is 10.3. The van der Waals surface area contributed by atoms with Gasteiger partial charge in [0.2, 0.25) is 10.3 Å². The summed E-state index contributed by atoms with van der Waals surface area (Å²) in [4.78, 5) is 10.6. The van der Waals surface area contributed by atoms with Crippen LogP contribution in [0.2, 0.25) is 0 Å². The largest absolute Gasteiger partial charge is 0.385 e. The quantitative estimate of drug-likeness (QED) is 0.246. The van der Waals surface area contributed by atoms with Gasteiger partial charge < -0.3 is 10.6 Å². The Kier molecular flexibility index (Phi) is 7.26. The van der Waals surface area contributed by atoms with E-state index in [1.165, 1.54) is 22.7 Å². The molecule has 0 aliphatic carbocycles. The lowest BCUT2D eigenvalue weighted by Gasteiger charge is -2.01. The molecule has 0 atom stereocenters. The van der Waals surface area contributed by atoms with Gasteiger partial charge in [0.25, 0.3) is 0 Å². The smallest absolute Gasteiger partial charge is 0.230 e. The molecule has 2 heterocycles. The minimum Gasteiger partial charge on any atom is -0.385 e. The molecule has 2 aromatic carbocycles. The van der Waals surface area contributed by atoms with E-state index in [0.29, 0.717) is 10.3 Å². The van der Waals surface area contributed by atoms with Crippen LogP contribution in [-0.4, -0.2) is 23.1 Å². The van der Waals surface area contributed by atoms with Gasteiger partial charge in [-0.05, 0) is 62.4 Å². The maximum absolute atomic E-state index is 4.35. The van der Waals surface area contributed by atoms with Crippen molar-refractivity contribution < 1.29 is 0 Å². The van der Waals surface area contributed by atoms with E-state index in [4.69, 9.17) is 0 Å². The first-order chi connectivity index (χ1) is 15.7. The monoisotopic (exact) mass is 462 g/mol. The third-order valence-corrected chi connectivity index (χ3v) is 6.19. The molecule has 0 spiro atoms. The highest BCUT2D eigenvalue weighted by Crippen LogP contribution is 2.37. The van der Waals surface area contributed by atoms with Gasteiger partial charge in [0.05, 0.1) is 21.1 Å². The van der Waals surface area contributed by atoms with E-state index < -0.39 is 0 Å². The predicted molar refractivity (Wildman–Crippen MR) is 133 cm³/mol. The van der Waals surface area contributed by atoms with Crippen LogP contribution in [0.15, 0.2) is 81.4 Å². The van der Waals surface area contributed by atoms with Crippen molar-refractivity contribution in [3.05, 3.63) is 60.9 Å². The zero-order chi connectivity index (χ0) is 22.2. The van der Waals surface area contributed by atoms with Crippen LogP contribution < -0.4 is 10.6 Å². The summed E-state index contributed by atoms with van der Waals surface area (Å²) in [7, 11) is 0. The molecule has 8 nitrogen and oxygen atoms in total. The van der Waals surface area contributed by atoms with Gasteiger partial charge >= 0.3 is 0 Å². The zero-order valence-corrected chi connectivity index (χ0v) is 19.3. The lowest BCUT2D eigenvalue weighted by Crippen LogP contribution is -1.94. The number of thiazole rings is 2. The molecule has 0 unspecified atom stereocenters. The van der Waals surface area contributed by atoms with Crippen LogP contribution in [-0.2, 0) is 0 Å². The third-order valence-electron chi connectivity index (χ3n) is 4.23. The van der Waals surface area contributed by atoms with E-state index in [0.717, 1.165) is 45.6 Å². The fourth-order valence-corrected chi connectivity index (χ4v) is 4.29. The maximum atomic E-state index is 4.35. The second kappa shape index (κ2) is 10.7. The van der Waals surface area contributed by atoms with Crippen molar-refractivity contribution in [2.75, 3.05) is 23.7 Å². The molecule has 2 aromatic heterocycles. The molecule has 4 rings (SSSR count). The van der Waals surface area contributed by atoms with Crippen LogP contribution in [0, 0.1) is 0 Å². The average Bonchev–Trinajstić information content (AvgIpc) is 3.48. The van der Waals surface area contributed by atoms with Gasteiger partial charge in [-0.3, -0.25) is 0 Å². The highest BCUT2D eigenvalue weighted by Gasteiger charge is 2.08. The van der Waals surface area contributed by atoms with Crippen molar-refractivity contribution >= 4 is 55.7 Å². The van der Waals surface area contributed by atoms with Crippen molar-refractivity contribution in [2.24, 2.45) is 20.5 Å². The number of hydrogen-bond donors (Lipinski definition) is 2. The summed E-state index contributed by atoms with van der Waals surface area (Å²) in [5.74, 6) is 0. The summed E-state index contributed by atoms with van der Waals surface area (Å²) in [6.45, 7) is 5.89. The number of nitrogens with zero attached hydrogens (tertiary/aromatic N) is 6. The Bertz CT molecular complexity index is 1100. The average molecular weight is 463 g/mol. The van der Waals surface area contributed by atoms with Crippen molar-refractivity contribution in [1.82, 2.24) is 9.97 Å². The van der Waals surface area contributed by atoms with Crippen LogP contribution in [0.4, 0.5) is 33.0 Å². The fraction of sp³-hybridized carbons (Fsp3) is 0.182. The highest BCUT2D eigenvalue weighted by molar-refractivity contribution is 7.25. The molecule has 162 valence electrons. The molecular formula is C22H22N8S2. The summed E-state index contributed by atoms with van der Waals surface area (Å²) in [5.41, 5.74) is 3.68. The Morgan fingerprint density at radius 1 is 0.625 bits per heavy atom. The summed E-state index contributed by atoms with van der Waals surface area (Å²) >= 11 is 2.92. The molecule has 10 heteroatoms. The Labute approximate surface area is 194 Å². The van der Waals surface area contributed by atoms with E-state index in [-0.39, 0.29) is 0 Å². The Balaban J connectivity index is 1.39. The van der Waals surface area contributed by atoms with Gasteiger partial charge in [-0.1, -0.05) is 22.7 Å². The van der Waals surface area contributed by atoms with E-state index in [2.05, 4.69) is 54.9 Å². The second-order valence-corrected chi connectivity index (χ2v) is 8.59. The number of azo groups is 2. The normalized spacial score (nSPS) is 11.4. The molecule has 4 aromatic rings. The zero-order valence-electron chi connectivity index (χ0n) is 17.7. The maximum Gasteiger partial charge on any atom is 0.230 e. The fourth-order valence-electron chi connectivity index (χ4n) is 2.75. The van der Waals surface area contributed by atoms with Crippen molar-refractivity contribution in [3.63, 3.8) is 0 Å². The molecule has 0 bridgehead atoms. The number of aromatic nitrogens is 2. The molecular weight excluding hydrogens is 440 g/mol. The van der Waals surface area contributed by atoms with Crippen LogP contribution in [0.25, 0.3) is 9.75 Å². The summed E-state index contributed by atoms with van der Waals surface area (Å²) in [6.07, 6.45) is 3.56. The van der Waals surface area contributed by atoms with Crippen molar-refractivity contribution in [1.29, 1.82) is 0 Å². The molecule has 0 saturated heterocycles. The number of rotatable bonds is 9. The summed E-state index contributed by atoms with van der Waals surface area (Å²) in [6, 6.07) is 15.6. The number of hydrogen-bond acceptors (Lipinski definition) is 10. The minimum atomic E-state index is 0.591. The van der Waals surface area contributed by atoms with Gasteiger partial charge in [0.1, 0.15) is 0 Å². The van der Waals surface area contributed by atoms with Gasteiger partial charge in [-0.2, -0.15) is 0 Å². The van der Waals surface area contributed by atoms with E-state index in [1.54, 1.807) is 12.4 Å². The Morgan fingerprint density at radius 2 is 1.03 bits per heavy atom. The van der Waals surface area contributed by atoms with Gasteiger partial charge in [0, 0.05) is 36.9 Å². The Hall–Kier alpha value is -3.50.